The van der Waals surface area contributed by atoms with E-state index < -0.39 is 33.7 Å². The van der Waals surface area contributed by atoms with E-state index in [9.17, 15) is 28.8 Å². The number of primary amides is 1. The number of benzene rings is 1. The van der Waals surface area contributed by atoms with Crippen LogP contribution in [0.3, 0.4) is 0 Å². The molecule has 0 aliphatic carbocycles. The molecule has 222 valence electrons. The van der Waals surface area contributed by atoms with Crippen LogP contribution in [0, 0.1) is 11.3 Å². The number of anilines is 2. The maximum Gasteiger partial charge on any atom is 0.410 e. The van der Waals surface area contributed by atoms with Crippen LogP contribution >= 0.6 is 10.6 Å². The third-order valence-corrected chi connectivity index (χ3v) is 8.95. The van der Waals surface area contributed by atoms with Gasteiger partial charge >= 0.3 is 6.09 Å². The van der Waals surface area contributed by atoms with Gasteiger partial charge in [-0.25, -0.2) is 4.79 Å². The molecule has 0 spiro atoms. The molecule has 2 saturated heterocycles. The SMILES string of the molecule is CC(C)(C)OC(=O)N1CCC(CC#N)(n2cc(C(N)=O)c(Nc3ccc(C(=O)N4CCS(O)(O)CC4)cc3)n2)CC1. The summed E-state index contributed by atoms with van der Waals surface area (Å²) in [6.07, 6.45) is 2.10. The number of carbonyl (C=O) groups is 3. The summed E-state index contributed by atoms with van der Waals surface area (Å²) in [7, 11) is -2.60. The van der Waals surface area contributed by atoms with E-state index in [0.717, 1.165) is 0 Å². The molecule has 2 aliphatic heterocycles. The number of aromatic nitrogens is 2. The first-order valence-electron chi connectivity index (χ1n) is 13.4. The lowest BCUT2D eigenvalue weighted by atomic mass is 9.85. The molecule has 14 heteroatoms. The van der Waals surface area contributed by atoms with Gasteiger partial charge in [0.1, 0.15) is 11.2 Å². The van der Waals surface area contributed by atoms with Crippen LogP contribution in [0.4, 0.5) is 16.3 Å². The largest absolute Gasteiger partial charge is 0.444 e. The monoisotopic (exact) mass is 587 g/mol. The van der Waals surface area contributed by atoms with E-state index in [4.69, 9.17) is 10.5 Å². The first kappa shape index (κ1) is 30.2. The number of nitrogens with one attached hydrogen (secondary N) is 1. The van der Waals surface area contributed by atoms with E-state index in [1.54, 1.807) is 59.5 Å². The highest BCUT2D eigenvalue weighted by Gasteiger charge is 2.40. The summed E-state index contributed by atoms with van der Waals surface area (Å²) in [4.78, 5) is 40.9. The van der Waals surface area contributed by atoms with Crippen molar-refractivity contribution in [1.82, 2.24) is 19.6 Å². The lowest BCUT2D eigenvalue weighted by molar-refractivity contribution is 0.0105. The second kappa shape index (κ2) is 11.6. The maximum atomic E-state index is 12.8. The van der Waals surface area contributed by atoms with Crippen molar-refractivity contribution in [3.05, 3.63) is 41.6 Å². The number of ether oxygens (including phenoxy) is 1. The van der Waals surface area contributed by atoms with Gasteiger partial charge in [-0.05, 0) is 57.9 Å². The second-order valence-corrected chi connectivity index (χ2v) is 13.9. The third kappa shape index (κ3) is 7.10. The van der Waals surface area contributed by atoms with Gasteiger partial charge in [0.05, 0.1) is 29.5 Å². The zero-order valence-electron chi connectivity index (χ0n) is 23.5. The van der Waals surface area contributed by atoms with E-state index in [1.165, 1.54) is 6.20 Å². The van der Waals surface area contributed by atoms with Crippen molar-refractivity contribution in [2.45, 2.75) is 51.2 Å². The molecule has 3 amide bonds. The van der Waals surface area contributed by atoms with Crippen LogP contribution in [0.1, 0.15) is 60.7 Å². The third-order valence-electron chi connectivity index (χ3n) is 7.28. The number of hydrogen-bond acceptors (Lipinski definition) is 9. The van der Waals surface area contributed by atoms with Gasteiger partial charge < -0.3 is 25.6 Å². The number of nitrogens with zero attached hydrogens (tertiary/aromatic N) is 5. The van der Waals surface area contributed by atoms with Gasteiger partial charge in [-0.3, -0.25) is 23.4 Å². The van der Waals surface area contributed by atoms with Gasteiger partial charge in [0.2, 0.25) is 0 Å². The molecule has 0 saturated carbocycles. The lowest BCUT2D eigenvalue weighted by Crippen LogP contribution is -2.49. The number of hydrogen-bond donors (Lipinski definition) is 4. The molecule has 1 aromatic carbocycles. The topological polar surface area (TPSA) is 187 Å². The van der Waals surface area contributed by atoms with Crippen molar-refractivity contribution in [1.29, 1.82) is 5.26 Å². The minimum absolute atomic E-state index is 0.122. The molecule has 0 unspecified atom stereocenters. The van der Waals surface area contributed by atoms with Crippen molar-refractivity contribution in [2.24, 2.45) is 5.73 Å². The van der Waals surface area contributed by atoms with Crippen molar-refractivity contribution >= 4 is 40.0 Å². The highest BCUT2D eigenvalue weighted by Crippen LogP contribution is 2.40. The summed E-state index contributed by atoms with van der Waals surface area (Å²) in [6.45, 7) is 6.68. The summed E-state index contributed by atoms with van der Waals surface area (Å²) in [5.74, 6) is -0.346. The quantitative estimate of drug-likeness (QED) is 0.392. The number of nitriles is 1. The Bertz CT molecular complexity index is 1330. The van der Waals surface area contributed by atoms with Crippen LogP contribution in [0.5, 0.6) is 0 Å². The minimum Gasteiger partial charge on any atom is -0.444 e. The molecule has 2 aliphatic rings. The number of amides is 3. The number of likely N-dealkylation sites (tertiary alicyclic amines) is 1. The van der Waals surface area contributed by atoms with E-state index in [2.05, 4.69) is 16.5 Å². The second-order valence-electron chi connectivity index (χ2n) is 11.4. The zero-order valence-corrected chi connectivity index (χ0v) is 24.3. The summed E-state index contributed by atoms with van der Waals surface area (Å²) in [5, 5.41) is 17.3. The molecule has 1 aromatic heterocycles. The van der Waals surface area contributed by atoms with Crippen LogP contribution in [0.15, 0.2) is 30.5 Å². The molecule has 4 rings (SSSR count). The molecule has 5 N–H and O–H groups in total. The van der Waals surface area contributed by atoms with Gasteiger partial charge in [0.25, 0.3) is 11.8 Å². The zero-order chi connectivity index (χ0) is 30.0. The lowest BCUT2D eigenvalue weighted by Gasteiger charge is -2.41. The average molecular weight is 588 g/mol. The predicted octanol–water partition coefficient (Wildman–Crippen LogP) is 3.57. The van der Waals surface area contributed by atoms with Crippen LogP contribution in [-0.4, -0.2) is 89.9 Å². The van der Waals surface area contributed by atoms with Crippen LogP contribution < -0.4 is 11.1 Å². The standard InChI is InChI=1S/C27H37N7O6S/c1-26(2,3)40-25(37)33-12-9-27(8-11-28,10-13-33)34-18-21(22(29)35)23(31-34)30-20-6-4-19(5-7-20)24(36)32-14-16-41(38,39)17-15-32/h4-7,18,38-39H,8-10,12-17H2,1-3H3,(H2,29,35)(H,30,31). The Morgan fingerprint density at radius 2 is 1.71 bits per heavy atom. The van der Waals surface area contributed by atoms with E-state index >= 15 is 0 Å². The van der Waals surface area contributed by atoms with E-state index in [0.29, 0.717) is 37.2 Å². The molecule has 3 heterocycles. The fourth-order valence-electron chi connectivity index (χ4n) is 4.90. The van der Waals surface area contributed by atoms with Gasteiger partial charge in [-0.2, -0.15) is 21.0 Å². The molecule has 2 aromatic rings. The predicted molar refractivity (Wildman–Crippen MR) is 154 cm³/mol. The number of nitrogens with two attached hydrogens (primary N) is 1. The number of carbonyl (C=O) groups excluding carboxylic acids is 3. The fourth-order valence-corrected chi connectivity index (χ4v) is 6.13. The molecule has 0 radical (unpaired) electrons. The van der Waals surface area contributed by atoms with Crippen molar-refractivity contribution in [3.63, 3.8) is 0 Å². The Balaban J connectivity index is 1.49. The normalized spacial score (nSPS) is 19.1. The van der Waals surface area contributed by atoms with Gasteiger partial charge in [0.15, 0.2) is 5.82 Å². The van der Waals surface area contributed by atoms with Crippen molar-refractivity contribution < 1.29 is 28.2 Å². The first-order chi connectivity index (χ1) is 19.2. The van der Waals surface area contributed by atoms with Crippen molar-refractivity contribution in [3.8, 4) is 6.07 Å². The highest BCUT2D eigenvalue weighted by molar-refractivity contribution is 8.24. The van der Waals surface area contributed by atoms with Gasteiger partial charge in [0, 0.05) is 43.6 Å². The number of piperidine rings is 1. The number of rotatable bonds is 6. The molecule has 41 heavy (non-hydrogen) atoms. The summed E-state index contributed by atoms with van der Waals surface area (Å²) < 4.78 is 26.7. The Morgan fingerprint density at radius 1 is 1.10 bits per heavy atom. The van der Waals surface area contributed by atoms with E-state index in [-0.39, 0.29) is 48.3 Å². The Kier molecular flexibility index (Phi) is 8.53. The first-order valence-corrected chi connectivity index (χ1v) is 15.3. The van der Waals surface area contributed by atoms with Crippen LogP contribution in [-0.2, 0) is 10.3 Å². The Morgan fingerprint density at radius 3 is 2.24 bits per heavy atom. The molecule has 0 bridgehead atoms. The van der Waals surface area contributed by atoms with Crippen molar-refractivity contribution in [2.75, 3.05) is 43.0 Å². The fraction of sp³-hybridized carbons (Fsp3) is 0.519. The highest BCUT2D eigenvalue weighted by atomic mass is 32.3. The minimum atomic E-state index is -2.60. The summed E-state index contributed by atoms with van der Waals surface area (Å²) in [5.41, 5.74) is 5.45. The summed E-state index contributed by atoms with van der Waals surface area (Å²) in [6, 6.07) is 8.86. The Hall–Kier alpha value is -3.80. The van der Waals surface area contributed by atoms with Gasteiger partial charge in [-0.15, -0.1) is 0 Å². The Labute approximate surface area is 240 Å². The van der Waals surface area contributed by atoms with Crippen LogP contribution in [0.2, 0.25) is 0 Å². The van der Waals surface area contributed by atoms with Crippen LogP contribution in [0.25, 0.3) is 0 Å². The van der Waals surface area contributed by atoms with Gasteiger partial charge in [-0.1, -0.05) is 0 Å². The molecule has 13 nitrogen and oxygen atoms in total. The molecular weight excluding hydrogens is 550 g/mol. The maximum absolute atomic E-state index is 12.8. The van der Waals surface area contributed by atoms with E-state index in [1.807, 2.05) is 0 Å². The smallest absolute Gasteiger partial charge is 0.410 e. The molecular formula is C27H37N7O6S. The summed E-state index contributed by atoms with van der Waals surface area (Å²) >= 11 is 0. The molecule has 2 fully saturated rings. The molecule has 0 atom stereocenters. The average Bonchev–Trinajstić information content (AvgIpc) is 3.33.